The van der Waals surface area contributed by atoms with Crippen molar-refractivity contribution in [1.82, 2.24) is 28.9 Å². The second-order valence-electron chi connectivity index (χ2n) is 9.05. The minimum atomic E-state index is -0.915. The highest BCUT2D eigenvalue weighted by atomic mass is 19.1. The van der Waals surface area contributed by atoms with E-state index in [-0.39, 0.29) is 29.4 Å². The van der Waals surface area contributed by atoms with Gasteiger partial charge in [0.2, 0.25) is 5.95 Å². The summed E-state index contributed by atoms with van der Waals surface area (Å²) in [5.74, 6) is -1.64. The predicted molar refractivity (Wildman–Crippen MR) is 144 cm³/mol. The Labute approximate surface area is 224 Å². The molecule has 6 rings (SSSR count). The Kier molecular flexibility index (Phi) is 5.88. The molecule has 12 heteroatoms. The van der Waals surface area contributed by atoms with Gasteiger partial charge in [0.05, 0.1) is 35.2 Å². The van der Waals surface area contributed by atoms with Gasteiger partial charge in [-0.1, -0.05) is 30.3 Å². The minimum Gasteiger partial charge on any atom is -0.323 e. The summed E-state index contributed by atoms with van der Waals surface area (Å²) < 4.78 is 32.6. The maximum atomic E-state index is 15.0. The van der Waals surface area contributed by atoms with Crippen molar-refractivity contribution in [1.29, 1.82) is 5.26 Å². The van der Waals surface area contributed by atoms with E-state index >= 15 is 4.39 Å². The van der Waals surface area contributed by atoms with Gasteiger partial charge in [0.15, 0.2) is 0 Å². The number of halogens is 2. The molecule has 1 N–H and O–H groups in total. The van der Waals surface area contributed by atoms with E-state index in [1.54, 1.807) is 49.8 Å². The Balaban J connectivity index is 1.56. The normalized spacial score (nSPS) is 11.2. The fourth-order valence-electron chi connectivity index (χ4n) is 4.54. The lowest BCUT2D eigenvalue weighted by Gasteiger charge is -2.17. The van der Waals surface area contributed by atoms with Crippen molar-refractivity contribution < 1.29 is 8.78 Å². The first-order valence-corrected chi connectivity index (χ1v) is 12.0. The highest BCUT2D eigenvalue weighted by Gasteiger charge is 2.19. The van der Waals surface area contributed by atoms with Crippen LogP contribution in [0.4, 0.5) is 20.4 Å². The second-order valence-corrected chi connectivity index (χ2v) is 9.05. The van der Waals surface area contributed by atoms with Crippen molar-refractivity contribution in [3.8, 4) is 11.8 Å². The molecule has 0 amide bonds. The molecule has 0 aliphatic carbocycles. The van der Waals surface area contributed by atoms with Crippen LogP contribution in [0.2, 0.25) is 0 Å². The number of pyridine rings is 1. The van der Waals surface area contributed by atoms with Gasteiger partial charge in [-0.2, -0.15) is 15.3 Å². The van der Waals surface area contributed by atoms with E-state index in [0.717, 1.165) is 15.2 Å². The predicted octanol–water partition coefficient (Wildman–Crippen LogP) is 3.77. The molecule has 6 aromatic rings. The zero-order valence-corrected chi connectivity index (χ0v) is 20.8. The molecule has 0 spiro atoms. The largest absolute Gasteiger partial charge is 0.359 e. The Hall–Kier alpha value is -5.70. The number of nitrogens with zero attached hydrogens (tertiary/aromatic N) is 7. The maximum Gasteiger partial charge on any atom is 0.359 e. The number of hydrogen-bond acceptors (Lipinski definition) is 7. The summed E-state index contributed by atoms with van der Waals surface area (Å²) >= 11 is 0. The third-order valence-corrected chi connectivity index (χ3v) is 6.40. The monoisotopic (exact) mass is 536 g/mol. The lowest BCUT2D eigenvalue weighted by molar-refractivity contribution is 0.619. The number of aromatic nitrogens is 6. The number of fused-ring (bicyclic) bond motifs is 2. The summed E-state index contributed by atoms with van der Waals surface area (Å²) in [6, 6.07) is 15.4. The first kappa shape index (κ1) is 24.6. The molecule has 0 radical (unpaired) electrons. The second kappa shape index (κ2) is 9.55. The summed E-state index contributed by atoms with van der Waals surface area (Å²) in [6.45, 7) is -0.210. The SMILES string of the molecule is Cn1cc2cc(Nc3nc(=O)n(-c4cncc5ccccc45)c(=O)n3Cc3ccc(F)c(C#N)c3)c(F)cc2n1. The van der Waals surface area contributed by atoms with Crippen LogP contribution in [-0.4, -0.2) is 28.9 Å². The van der Waals surface area contributed by atoms with Gasteiger partial charge in [0, 0.05) is 41.7 Å². The topological polar surface area (TPSA) is 123 Å². The molecule has 10 nitrogen and oxygen atoms in total. The number of nitriles is 1. The lowest BCUT2D eigenvalue weighted by atomic mass is 10.1. The number of anilines is 2. The van der Waals surface area contributed by atoms with Crippen LogP contribution in [0.25, 0.3) is 27.4 Å². The van der Waals surface area contributed by atoms with Gasteiger partial charge >= 0.3 is 11.4 Å². The first-order valence-electron chi connectivity index (χ1n) is 12.0. The molecular formula is C28H18F2N8O2. The van der Waals surface area contributed by atoms with Gasteiger partial charge < -0.3 is 5.32 Å². The van der Waals surface area contributed by atoms with Crippen LogP contribution in [0, 0.1) is 23.0 Å². The van der Waals surface area contributed by atoms with Crippen LogP contribution < -0.4 is 16.7 Å². The summed E-state index contributed by atoms with van der Waals surface area (Å²) in [5, 5.41) is 18.1. The molecule has 0 aliphatic heterocycles. The van der Waals surface area contributed by atoms with Gasteiger partial charge in [-0.05, 0) is 23.8 Å². The average molecular weight is 537 g/mol. The first-order chi connectivity index (χ1) is 19.3. The minimum absolute atomic E-state index is 0.0399. The van der Waals surface area contributed by atoms with Gasteiger partial charge in [-0.3, -0.25) is 14.2 Å². The fraction of sp³-hybridized carbons (Fsp3) is 0.0714. The molecule has 0 aliphatic rings. The van der Waals surface area contributed by atoms with Crippen LogP contribution in [0.15, 0.2) is 82.8 Å². The Morgan fingerprint density at radius 2 is 1.82 bits per heavy atom. The van der Waals surface area contributed by atoms with Crippen molar-refractivity contribution in [2.75, 3.05) is 5.32 Å². The van der Waals surface area contributed by atoms with Gasteiger partial charge in [0.25, 0.3) is 0 Å². The van der Waals surface area contributed by atoms with Crippen LogP contribution in [0.1, 0.15) is 11.1 Å². The molecule has 0 saturated heterocycles. The molecule has 0 unspecified atom stereocenters. The average Bonchev–Trinajstić information content (AvgIpc) is 3.30. The molecule has 3 aromatic heterocycles. The maximum absolute atomic E-state index is 15.0. The molecule has 0 fully saturated rings. The number of nitrogens with one attached hydrogen (secondary N) is 1. The summed E-state index contributed by atoms with van der Waals surface area (Å²) in [7, 11) is 1.70. The van der Waals surface area contributed by atoms with E-state index in [4.69, 9.17) is 0 Å². The third-order valence-electron chi connectivity index (χ3n) is 6.40. The van der Waals surface area contributed by atoms with Crippen molar-refractivity contribution in [2.24, 2.45) is 7.05 Å². The van der Waals surface area contributed by atoms with E-state index < -0.39 is 23.0 Å². The number of aryl methyl sites for hydroxylation is 1. The van der Waals surface area contributed by atoms with Crippen LogP contribution in [0.5, 0.6) is 0 Å². The third kappa shape index (κ3) is 4.25. The van der Waals surface area contributed by atoms with Crippen molar-refractivity contribution in [3.05, 3.63) is 117 Å². The molecule has 40 heavy (non-hydrogen) atoms. The molecule has 0 bridgehead atoms. The van der Waals surface area contributed by atoms with E-state index in [9.17, 15) is 19.2 Å². The van der Waals surface area contributed by atoms with Gasteiger partial charge in [-0.15, -0.1) is 0 Å². The molecule has 3 aromatic carbocycles. The van der Waals surface area contributed by atoms with Gasteiger partial charge in [-0.25, -0.2) is 22.9 Å². The van der Waals surface area contributed by atoms with Crippen LogP contribution in [-0.2, 0) is 13.6 Å². The molecule has 0 atom stereocenters. The standard InChI is InChI=1S/C28H18F2N8O2/c1-36-15-19-9-24(22(30)10-23(19)35-36)33-26-34-27(39)38(25-13-32-12-17-4-2-3-5-20(17)25)28(40)37(26)14-16-6-7-21(29)18(8-16)11-31/h2-10,12-13,15H,14H2,1H3,(H,33,34,39). The van der Waals surface area contributed by atoms with E-state index in [2.05, 4.69) is 20.4 Å². The van der Waals surface area contributed by atoms with Crippen LogP contribution >= 0.6 is 0 Å². The van der Waals surface area contributed by atoms with Crippen molar-refractivity contribution in [3.63, 3.8) is 0 Å². The van der Waals surface area contributed by atoms with Crippen molar-refractivity contribution in [2.45, 2.75) is 6.54 Å². The molecule has 3 heterocycles. The highest BCUT2D eigenvalue weighted by molar-refractivity contribution is 5.89. The molecule has 0 saturated carbocycles. The summed E-state index contributed by atoms with van der Waals surface area (Å²) in [6.07, 6.45) is 4.67. The van der Waals surface area contributed by atoms with E-state index in [0.29, 0.717) is 27.2 Å². The quantitative estimate of drug-likeness (QED) is 0.356. The van der Waals surface area contributed by atoms with Crippen LogP contribution in [0.3, 0.4) is 0 Å². The Morgan fingerprint density at radius 3 is 2.65 bits per heavy atom. The summed E-state index contributed by atoms with van der Waals surface area (Å²) in [4.78, 5) is 35.5. The smallest absolute Gasteiger partial charge is 0.323 e. The zero-order valence-electron chi connectivity index (χ0n) is 20.8. The number of benzene rings is 3. The zero-order chi connectivity index (χ0) is 28.0. The number of hydrogen-bond donors (Lipinski definition) is 1. The molecular weight excluding hydrogens is 518 g/mol. The highest BCUT2D eigenvalue weighted by Crippen LogP contribution is 2.25. The van der Waals surface area contributed by atoms with E-state index in [1.807, 2.05) is 0 Å². The Morgan fingerprint density at radius 1 is 1.00 bits per heavy atom. The van der Waals surface area contributed by atoms with Gasteiger partial charge in [0.1, 0.15) is 17.7 Å². The lowest BCUT2D eigenvalue weighted by Crippen LogP contribution is -2.42. The molecule has 196 valence electrons. The Bertz CT molecular complexity index is 2120. The fourth-order valence-corrected chi connectivity index (χ4v) is 4.54. The summed E-state index contributed by atoms with van der Waals surface area (Å²) in [5.41, 5.74) is -0.956. The number of rotatable bonds is 5. The van der Waals surface area contributed by atoms with E-state index in [1.165, 1.54) is 35.1 Å². The van der Waals surface area contributed by atoms with Crippen molar-refractivity contribution >= 4 is 33.3 Å².